The molecule has 5 N–H and O–H groups in total. The molecule has 7 heteroatoms. The smallest absolute Gasteiger partial charge is 0.161 e. The lowest BCUT2D eigenvalue weighted by molar-refractivity contribution is -0.00705. The van der Waals surface area contributed by atoms with E-state index < -0.39 is 12.2 Å². The normalized spacial score (nSPS) is 26.4. The number of pyridine rings is 1. The molecule has 0 saturated carbocycles. The molecule has 1 aromatic carbocycles. The van der Waals surface area contributed by atoms with Crippen molar-refractivity contribution in [2.75, 3.05) is 12.3 Å². The lowest BCUT2D eigenvalue weighted by Gasteiger charge is -2.31. The molecule has 0 spiro atoms. The van der Waals surface area contributed by atoms with E-state index in [0.717, 1.165) is 48.9 Å². The SMILES string of the molecule is CC[C@@H]1C#C[C@@H]2C=C[C@H](c3ccc(O)c(OCC[C@H](Cc4ccc[n-]4)c4ccnc(N)c4)c3)C[C@@H](O)[C@H]2[C@@H](O)CCCC1. The van der Waals surface area contributed by atoms with Gasteiger partial charge in [-0.25, -0.2) is 4.98 Å². The molecule has 0 unspecified atom stereocenters. The highest BCUT2D eigenvalue weighted by atomic mass is 16.5. The average Bonchev–Trinajstić information content (AvgIpc) is 3.45. The summed E-state index contributed by atoms with van der Waals surface area (Å²) in [5.41, 5.74) is 8.99. The molecule has 0 radical (unpaired) electrons. The molecular formula is C36H44N3O4-. The van der Waals surface area contributed by atoms with Gasteiger partial charge in [-0.2, -0.15) is 11.9 Å². The molecule has 2 aliphatic carbocycles. The molecule has 228 valence electrons. The lowest BCUT2D eigenvalue weighted by Crippen LogP contribution is -2.36. The number of aromatic hydroxyl groups is 1. The number of ether oxygens (including phenoxy) is 1. The summed E-state index contributed by atoms with van der Waals surface area (Å²) in [7, 11) is 0. The maximum atomic E-state index is 11.4. The molecule has 0 bridgehead atoms. The van der Waals surface area contributed by atoms with Crippen LogP contribution in [0.1, 0.15) is 80.5 Å². The van der Waals surface area contributed by atoms with Gasteiger partial charge in [0.25, 0.3) is 0 Å². The molecule has 2 aromatic heterocycles. The lowest BCUT2D eigenvalue weighted by atomic mass is 9.79. The summed E-state index contributed by atoms with van der Waals surface area (Å²) >= 11 is 0. The van der Waals surface area contributed by atoms with Crippen molar-refractivity contribution in [2.24, 2.45) is 17.8 Å². The number of fused-ring (bicyclic) bond motifs is 1. The number of hydrogen-bond donors (Lipinski definition) is 4. The Kier molecular flexibility index (Phi) is 10.5. The first-order valence-corrected chi connectivity index (χ1v) is 15.7. The third-order valence-electron chi connectivity index (χ3n) is 9.08. The van der Waals surface area contributed by atoms with Gasteiger partial charge in [0.2, 0.25) is 0 Å². The first-order chi connectivity index (χ1) is 20.9. The van der Waals surface area contributed by atoms with Gasteiger partial charge in [0.05, 0.1) is 18.8 Å². The molecule has 0 amide bonds. The number of allylic oxidation sites excluding steroid dienone is 2. The van der Waals surface area contributed by atoms with Crippen LogP contribution in [0.25, 0.3) is 0 Å². The Bertz CT molecular complexity index is 1410. The highest BCUT2D eigenvalue weighted by molar-refractivity contribution is 5.44. The summed E-state index contributed by atoms with van der Waals surface area (Å²) in [6.07, 6.45) is 13.0. The largest absolute Gasteiger partial charge is 0.668 e. The number of nitrogens with zero attached hydrogens (tertiary/aromatic N) is 2. The van der Waals surface area contributed by atoms with Gasteiger partial charge in [0.1, 0.15) is 5.82 Å². The standard InChI is InChI=1S/C36H44N3O4/c1-2-24-6-3-4-8-32(41)36-25(10-9-24)11-12-26(21-33(36)42)27-13-14-31(40)34(22-27)43-19-16-29(20-30-7-5-17-38-30)28-15-18-39-35(37)23-28/h5,7,11-15,17-18,22-26,29,32-33,36,40-42H,2-4,6,8,16,19-21H2,1H3,(H2,37,39)/q-1/t24-,25+,26-,29+,32-,33+,36+/m0/s1. The van der Waals surface area contributed by atoms with E-state index in [1.807, 2.05) is 36.4 Å². The zero-order chi connectivity index (χ0) is 30.2. The molecule has 7 nitrogen and oxygen atoms in total. The van der Waals surface area contributed by atoms with E-state index in [2.05, 4.69) is 40.9 Å². The summed E-state index contributed by atoms with van der Waals surface area (Å²) in [6.45, 7) is 2.56. The second-order valence-corrected chi connectivity index (χ2v) is 12.1. The summed E-state index contributed by atoms with van der Waals surface area (Å²) in [5.74, 6) is 7.68. The average molecular weight is 583 g/mol. The summed E-state index contributed by atoms with van der Waals surface area (Å²) in [5, 5.41) is 33.1. The van der Waals surface area contributed by atoms with Crippen LogP contribution in [0.4, 0.5) is 5.82 Å². The van der Waals surface area contributed by atoms with Crippen molar-refractivity contribution in [3.63, 3.8) is 0 Å². The van der Waals surface area contributed by atoms with Crippen LogP contribution >= 0.6 is 0 Å². The van der Waals surface area contributed by atoms with Gasteiger partial charge in [-0.15, -0.1) is 0 Å². The Morgan fingerprint density at radius 2 is 1.93 bits per heavy atom. The number of nitrogens with two attached hydrogens (primary N) is 1. The predicted octanol–water partition coefficient (Wildman–Crippen LogP) is 5.72. The van der Waals surface area contributed by atoms with Gasteiger partial charge >= 0.3 is 0 Å². The number of phenolic OH excluding ortho intramolecular Hbond substituents is 1. The van der Waals surface area contributed by atoms with Crippen molar-refractivity contribution >= 4 is 5.82 Å². The van der Waals surface area contributed by atoms with E-state index in [4.69, 9.17) is 10.5 Å². The van der Waals surface area contributed by atoms with Crippen molar-refractivity contribution in [3.8, 4) is 23.3 Å². The fraction of sp³-hybridized carbons (Fsp3) is 0.472. The predicted molar refractivity (Wildman–Crippen MR) is 169 cm³/mol. The maximum absolute atomic E-state index is 11.4. The second kappa shape index (κ2) is 14.6. The number of aliphatic hydroxyl groups excluding tert-OH is 2. The van der Waals surface area contributed by atoms with E-state index in [-0.39, 0.29) is 29.4 Å². The van der Waals surface area contributed by atoms with Crippen LogP contribution in [0.5, 0.6) is 11.5 Å². The number of rotatable bonds is 9. The molecule has 5 rings (SSSR count). The van der Waals surface area contributed by atoms with Crippen molar-refractivity contribution in [1.82, 2.24) is 9.97 Å². The molecular weight excluding hydrogens is 538 g/mol. The minimum atomic E-state index is -0.703. The second-order valence-electron chi connectivity index (χ2n) is 12.1. The van der Waals surface area contributed by atoms with E-state index in [0.29, 0.717) is 43.4 Å². The number of nitrogen functional groups attached to an aromatic ring is 1. The number of aromatic nitrogens is 2. The quantitative estimate of drug-likeness (QED) is 0.188. The Morgan fingerprint density at radius 1 is 1.07 bits per heavy atom. The highest BCUT2D eigenvalue weighted by Gasteiger charge is 2.36. The fourth-order valence-electron chi connectivity index (χ4n) is 6.54. The minimum Gasteiger partial charge on any atom is -0.668 e. The number of benzene rings is 1. The first kappa shape index (κ1) is 30.7. The van der Waals surface area contributed by atoms with E-state index >= 15 is 0 Å². The zero-order valence-corrected chi connectivity index (χ0v) is 25.0. The number of aliphatic hydroxyl groups is 2. The molecule has 0 saturated heterocycles. The zero-order valence-electron chi connectivity index (χ0n) is 25.0. The van der Waals surface area contributed by atoms with Crippen molar-refractivity contribution in [1.29, 1.82) is 0 Å². The van der Waals surface area contributed by atoms with Gasteiger partial charge < -0.3 is 30.8 Å². The van der Waals surface area contributed by atoms with Gasteiger partial charge in [0.15, 0.2) is 11.5 Å². The van der Waals surface area contributed by atoms with Crippen LogP contribution in [0.3, 0.4) is 0 Å². The van der Waals surface area contributed by atoms with Crippen LogP contribution < -0.4 is 15.5 Å². The van der Waals surface area contributed by atoms with Gasteiger partial charge in [-0.1, -0.05) is 62.0 Å². The Morgan fingerprint density at radius 3 is 2.72 bits per heavy atom. The van der Waals surface area contributed by atoms with Gasteiger partial charge in [-0.05, 0) is 79.8 Å². The molecule has 3 aromatic rings. The topological polar surface area (TPSA) is 123 Å². The monoisotopic (exact) mass is 582 g/mol. The van der Waals surface area contributed by atoms with Crippen molar-refractivity contribution in [3.05, 3.63) is 83.8 Å². The number of phenols is 1. The Balaban J connectivity index is 1.31. The van der Waals surface area contributed by atoms with Crippen LogP contribution in [-0.2, 0) is 6.42 Å². The number of hydrogen-bond acceptors (Lipinski definition) is 6. The Hall–Kier alpha value is -3.73. The Labute approximate surface area is 255 Å². The van der Waals surface area contributed by atoms with Gasteiger partial charge in [-0.3, -0.25) is 0 Å². The maximum Gasteiger partial charge on any atom is 0.161 e. The van der Waals surface area contributed by atoms with Crippen LogP contribution in [0.15, 0.2) is 67.0 Å². The molecule has 2 aliphatic rings. The highest BCUT2D eigenvalue weighted by Crippen LogP contribution is 2.39. The van der Waals surface area contributed by atoms with Crippen molar-refractivity contribution < 1.29 is 20.1 Å². The van der Waals surface area contributed by atoms with E-state index in [1.54, 1.807) is 18.5 Å². The molecule has 0 aliphatic heterocycles. The molecule has 43 heavy (non-hydrogen) atoms. The molecule has 0 fully saturated rings. The summed E-state index contributed by atoms with van der Waals surface area (Å²) in [4.78, 5) is 8.57. The molecule has 2 heterocycles. The first-order valence-electron chi connectivity index (χ1n) is 15.7. The summed E-state index contributed by atoms with van der Waals surface area (Å²) < 4.78 is 6.16. The molecule has 7 atom stereocenters. The van der Waals surface area contributed by atoms with E-state index in [1.165, 1.54) is 0 Å². The van der Waals surface area contributed by atoms with Gasteiger partial charge in [0, 0.05) is 29.9 Å². The fourth-order valence-corrected chi connectivity index (χ4v) is 6.54. The number of anilines is 1. The van der Waals surface area contributed by atoms with Crippen LogP contribution in [-0.4, -0.2) is 39.1 Å². The van der Waals surface area contributed by atoms with Crippen LogP contribution in [0, 0.1) is 29.6 Å². The summed E-state index contributed by atoms with van der Waals surface area (Å²) in [6, 6.07) is 13.2. The third kappa shape index (κ3) is 8.01. The van der Waals surface area contributed by atoms with Crippen molar-refractivity contribution in [2.45, 2.75) is 82.3 Å². The third-order valence-corrected chi connectivity index (χ3v) is 9.08. The van der Waals surface area contributed by atoms with E-state index in [9.17, 15) is 15.3 Å². The minimum absolute atomic E-state index is 0.0744. The van der Waals surface area contributed by atoms with Crippen LogP contribution in [0.2, 0.25) is 0 Å².